The van der Waals surface area contributed by atoms with Gasteiger partial charge in [-0.05, 0) is 49.4 Å². The van der Waals surface area contributed by atoms with Crippen molar-refractivity contribution in [2.45, 2.75) is 13.0 Å². The zero-order valence-electron chi connectivity index (χ0n) is 13.8. The van der Waals surface area contributed by atoms with Gasteiger partial charge in [0.15, 0.2) is 0 Å². The van der Waals surface area contributed by atoms with Crippen molar-refractivity contribution in [3.63, 3.8) is 0 Å². The Labute approximate surface area is 145 Å². The number of para-hydroxylation sites is 1. The molecule has 0 aliphatic heterocycles. The van der Waals surface area contributed by atoms with E-state index in [9.17, 15) is 9.18 Å². The van der Waals surface area contributed by atoms with Crippen molar-refractivity contribution in [3.05, 3.63) is 89.1 Å². The predicted molar refractivity (Wildman–Crippen MR) is 94.0 cm³/mol. The quantitative estimate of drug-likeness (QED) is 0.685. The van der Waals surface area contributed by atoms with E-state index in [-0.39, 0.29) is 17.5 Å². The molecule has 128 valence electrons. The molecule has 25 heavy (non-hydrogen) atoms. The zero-order chi connectivity index (χ0) is 17.6. The Kier molecular flexibility index (Phi) is 5.14. The summed E-state index contributed by atoms with van der Waals surface area (Å²) in [6.07, 6.45) is 1.39. The first-order valence-electron chi connectivity index (χ1n) is 7.95. The van der Waals surface area contributed by atoms with Gasteiger partial charge in [0.25, 0.3) is 5.56 Å². The maximum atomic E-state index is 13.0. The minimum atomic E-state index is -0.344. The lowest BCUT2D eigenvalue weighted by atomic mass is 10.3. The van der Waals surface area contributed by atoms with E-state index >= 15 is 0 Å². The van der Waals surface area contributed by atoms with Crippen LogP contribution in [0.2, 0.25) is 0 Å². The van der Waals surface area contributed by atoms with E-state index in [1.54, 1.807) is 24.4 Å². The van der Waals surface area contributed by atoms with Crippen LogP contribution in [-0.2, 0) is 0 Å². The van der Waals surface area contributed by atoms with Crippen molar-refractivity contribution in [2.24, 2.45) is 0 Å². The van der Waals surface area contributed by atoms with Crippen molar-refractivity contribution in [1.82, 2.24) is 4.57 Å². The number of hydrogen-bond acceptors (Lipinski definition) is 3. The SMILES string of the molecule is C[C@@H](COc1ccccc1)Oc1ccn(-c2ccc(F)cc2)c(=O)c1. The highest BCUT2D eigenvalue weighted by atomic mass is 19.1. The molecule has 1 atom stereocenters. The predicted octanol–water partition coefficient (Wildman–Crippen LogP) is 3.82. The summed E-state index contributed by atoms with van der Waals surface area (Å²) in [7, 11) is 0. The largest absolute Gasteiger partial charge is 0.490 e. The molecule has 0 aliphatic rings. The smallest absolute Gasteiger partial charge is 0.258 e. The highest BCUT2D eigenvalue weighted by molar-refractivity contribution is 5.34. The summed E-state index contributed by atoms with van der Waals surface area (Å²) in [5.41, 5.74) is 0.346. The van der Waals surface area contributed by atoms with Gasteiger partial charge in [-0.15, -0.1) is 0 Å². The van der Waals surface area contributed by atoms with Gasteiger partial charge in [0.1, 0.15) is 30.0 Å². The molecule has 1 aromatic heterocycles. The third-order valence-electron chi connectivity index (χ3n) is 3.56. The molecule has 3 aromatic rings. The Morgan fingerprint density at radius 3 is 2.40 bits per heavy atom. The van der Waals surface area contributed by atoms with Crippen molar-refractivity contribution in [2.75, 3.05) is 6.61 Å². The first-order valence-corrected chi connectivity index (χ1v) is 7.95. The Balaban J connectivity index is 1.64. The second-order valence-electron chi connectivity index (χ2n) is 5.60. The van der Waals surface area contributed by atoms with Crippen LogP contribution in [0, 0.1) is 5.82 Å². The van der Waals surface area contributed by atoms with Crippen LogP contribution < -0.4 is 15.0 Å². The van der Waals surface area contributed by atoms with Gasteiger partial charge >= 0.3 is 0 Å². The van der Waals surface area contributed by atoms with Crippen LogP contribution in [0.1, 0.15) is 6.92 Å². The lowest BCUT2D eigenvalue weighted by Gasteiger charge is -2.16. The fourth-order valence-corrected chi connectivity index (χ4v) is 2.35. The third kappa shape index (κ3) is 4.47. The second-order valence-corrected chi connectivity index (χ2v) is 5.60. The number of ether oxygens (including phenoxy) is 2. The van der Waals surface area contributed by atoms with Gasteiger partial charge in [-0.3, -0.25) is 9.36 Å². The molecule has 4 nitrogen and oxygen atoms in total. The number of halogens is 1. The van der Waals surface area contributed by atoms with Crippen LogP contribution >= 0.6 is 0 Å². The molecule has 0 saturated heterocycles. The molecule has 2 aromatic carbocycles. The van der Waals surface area contributed by atoms with Crippen LogP contribution in [0.3, 0.4) is 0 Å². The van der Waals surface area contributed by atoms with Gasteiger partial charge in [-0.25, -0.2) is 4.39 Å². The Hall–Kier alpha value is -3.08. The summed E-state index contributed by atoms with van der Waals surface area (Å²) in [4.78, 5) is 12.2. The van der Waals surface area contributed by atoms with Crippen LogP contribution in [0.25, 0.3) is 5.69 Å². The summed E-state index contributed by atoms with van der Waals surface area (Å²) >= 11 is 0. The lowest BCUT2D eigenvalue weighted by molar-refractivity contribution is 0.143. The van der Waals surface area contributed by atoms with Gasteiger partial charge < -0.3 is 9.47 Å². The first kappa shape index (κ1) is 16.8. The molecule has 5 heteroatoms. The number of pyridine rings is 1. The molecule has 0 N–H and O–H groups in total. The zero-order valence-corrected chi connectivity index (χ0v) is 13.8. The van der Waals surface area contributed by atoms with E-state index < -0.39 is 0 Å². The molecule has 0 saturated carbocycles. The molecule has 0 unspecified atom stereocenters. The van der Waals surface area contributed by atoms with Crippen molar-refractivity contribution < 1.29 is 13.9 Å². The van der Waals surface area contributed by atoms with Gasteiger partial charge in [0, 0.05) is 18.0 Å². The van der Waals surface area contributed by atoms with Gasteiger partial charge in [0.2, 0.25) is 0 Å². The number of rotatable bonds is 6. The lowest BCUT2D eigenvalue weighted by Crippen LogP contribution is -2.23. The average molecular weight is 339 g/mol. The van der Waals surface area contributed by atoms with E-state index in [4.69, 9.17) is 9.47 Å². The molecular formula is C20H18FNO3. The van der Waals surface area contributed by atoms with Gasteiger partial charge in [-0.2, -0.15) is 0 Å². The third-order valence-corrected chi connectivity index (χ3v) is 3.56. The fraction of sp³-hybridized carbons (Fsp3) is 0.150. The number of hydrogen-bond donors (Lipinski definition) is 0. The van der Waals surface area contributed by atoms with Crippen LogP contribution in [0.15, 0.2) is 77.7 Å². The minimum absolute atomic E-state index is 0.221. The summed E-state index contributed by atoms with van der Waals surface area (Å²) < 4.78 is 25.8. The number of nitrogens with zero attached hydrogens (tertiary/aromatic N) is 1. The average Bonchev–Trinajstić information content (AvgIpc) is 2.62. The Morgan fingerprint density at radius 1 is 1.00 bits per heavy atom. The number of aromatic nitrogens is 1. The molecule has 0 spiro atoms. The standard InChI is InChI=1S/C20H18FNO3/c1-15(14-24-18-5-3-2-4-6-18)25-19-11-12-22(20(23)13-19)17-9-7-16(21)8-10-17/h2-13,15H,14H2,1H3/t15-/m0/s1. The molecule has 1 heterocycles. The maximum Gasteiger partial charge on any atom is 0.258 e. The maximum absolute atomic E-state index is 13.0. The molecule has 0 fully saturated rings. The molecular weight excluding hydrogens is 321 g/mol. The van der Waals surface area contributed by atoms with E-state index in [0.717, 1.165) is 5.75 Å². The van der Waals surface area contributed by atoms with Crippen molar-refractivity contribution in [3.8, 4) is 17.2 Å². The molecule has 0 bridgehead atoms. The van der Waals surface area contributed by atoms with E-state index in [0.29, 0.717) is 18.0 Å². The second kappa shape index (κ2) is 7.66. The van der Waals surface area contributed by atoms with Crippen LogP contribution in [0.4, 0.5) is 4.39 Å². The topological polar surface area (TPSA) is 40.5 Å². The number of benzene rings is 2. The summed E-state index contributed by atoms with van der Waals surface area (Å²) in [6, 6.07) is 18.3. The van der Waals surface area contributed by atoms with E-state index in [2.05, 4.69) is 0 Å². The first-order chi connectivity index (χ1) is 12.1. The Bertz CT molecular complexity index is 875. The van der Waals surface area contributed by atoms with Crippen LogP contribution in [0.5, 0.6) is 11.5 Å². The van der Waals surface area contributed by atoms with Crippen LogP contribution in [-0.4, -0.2) is 17.3 Å². The molecule has 0 aliphatic carbocycles. The fourth-order valence-electron chi connectivity index (χ4n) is 2.35. The monoisotopic (exact) mass is 339 g/mol. The van der Waals surface area contributed by atoms with Crippen molar-refractivity contribution in [1.29, 1.82) is 0 Å². The highest BCUT2D eigenvalue weighted by Crippen LogP contribution is 2.14. The van der Waals surface area contributed by atoms with Gasteiger partial charge in [-0.1, -0.05) is 18.2 Å². The Morgan fingerprint density at radius 2 is 1.72 bits per heavy atom. The van der Waals surface area contributed by atoms with E-state index in [1.807, 2.05) is 37.3 Å². The highest BCUT2D eigenvalue weighted by Gasteiger charge is 2.08. The van der Waals surface area contributed by atoms with Crippen molar-refractivity contribution >= 4 is 0 Å². The molecule has 3 rings (SSSR count). The summed E-state index contributed by atoms with van der Waals surface area (Å²) in [6.45, 7) is 2.24. The van der Waals surface area contributed by atoms with E-state index in [1.165, 1.54) is 22.8 Å². The normalized spacial score (nSPS) is 11.8. The minimum Gasteiger partial charge on any atom is -0.490 e. The van der Waals surface area contributed by atoms with Gasteiger partial charge in [0.05, 0.1) is 0 Å². The molecule has 0 radical (unpaired) electrons. The summed E-state index contributed by atoms with van der Waals surface area (Å²) in [5.74, 6) is 0.890. The molecule has 0 amide bonds. The summed E-state index contributed by atoms with van der Waals surface area (Å²) in [5, 5.41) is 0.